The summed E-state index contributed by atoms with van der Waals surface area (Å²) in [5.41, 5.74) is 7.78. The molecule has 0 aliphatic heterocycles. The molecule has 0 saturated carbocycles. The van der Waals surface area contributed by atoms with Crippen molar-refractivity contribution in [2.45, 2.75) is 26.7 Å². The number of hydrogen-bond donors (Lipinski definition) is 2. The predicted octanol–water partition coefficient (Wildman–Crippen LogP) is 2.54. The van der Waals surface area contributed by atoms with Crippen molar-refractivity contribution in [1.82, 2.24) is 0 Å². The quantitative estimate of drug-likeness (QED) is 0.697. The van der Waals surface area contributed by atoms with Gasteiger partial charge in [-0.1, -0.05) is 6.07 Å². The van der Waals surface area contributed by atoms with Crippen LogP contribution in [0, 0.1) is 6.92 Å². The summed E-state index contributed by atoms with van der Waals surface area (Å²) in [5.74, 6) is 0.931. The van der Waals surface area contributed by atoms with E-state index >= 15 is 0 Å². The maximum atomic E-state index is 5.56. The summed E-state index contributed by atoms with van der Waals surface area (Å²) in [4.78, 5) is 0. The van der Waals surface area contributed by atoms with E-state index in [2.05, 4.69) is 24.4 Å². The van der Waals surface area contributed by atoms with Gasteiger partial charge in [0.05, 0.1) is 12.3 Å². The summed E-state index contributed by atoms with van der Waals surface area (Å²) in [6.07, 6.45) is 2.15. The minimum atomic E-state index is 0.695. The topological polar surface area (TPSA) is 47.3 Å². The highest BCUT2D eigenvalue weighted by Gasteiger charge is 2.02. The molecule has 90 valence electrons. The molecule has 0 atom stereocenters. The molecule has 1 aromatic rings. The number of aryl methyl sites for hydroxylation is 1. The number of benzene rings is 1. The Kier molecular flexibility index (Phi) is 5.72. The second-order valence-corrected chi connectivity index (χ2v) is 3.86. The number of anilines is 1. The van der Waals surface area contributed by atoms with E-state index in [1.54, 1.807) is 0 Å². The second kappa shape index (κ2) is 7.12. The van der Waals surface area contributed by atoms with Gasteiger partial charge in [-0.3, -0.25) is 0 Å². The number of nitrogens with one attached hydrogen (secondary N) is 1. The zero-order valence-electron chi connectivity index (χ0n) is 10.3. The van der Waals surface area contributed by atoms with Crippen molar-refractivity contribution in [3.05, 3.63) is 23.8 Å². The van der Waals surface area contributed by atoms with E-state index in [0.29, 0.717) is 6.61 Å². The number of nitrogens with two attached hydrogens (primary N) is 1. The van der Waals surface area contributed by atoms with Crippen LogP contribution in [0.4, 0.5) is 5.69 Å². The van der Waals surface area contributed by atoms with E-state index in [9.17, 15) is 0 Å². The SMILES string of the molecule is CCOc1ccc(C)cc1NCCCCN. The number of rotatable bonds is 7. The van der Waals surface area contributed by atoms with Crippen molar-refractivity contribution >= 4 is 5.69 Å². The summed E-state index contributed by atoms with van der Waals surface area (Å²) in [6, 6.07) is 6.20. The first-order valence-electron chi connectivity index (χ1n) is 5.95. The lowest BCUT2D eigenvalue weighted by Gasteiger charge is -2.13. The standard InChI is InChI=1S/C13H22N2O/c1-3-16-13-7-6-11(2)10-12(13)15-9-5-4-8-14/h6-7,10,15H,3-5,8-9,14H2,1-2H3. The van der Waals surface area contributed by atoms with E-state index in [-0.39, 0.29) is 0 Å². The summed E-state index contributed by atoms with van der Waals surface area (Å²) < 4.78 is 5.56. The third-order valence-electron chi connectivity index (χ3n) is 2.38. The predicted molar refractivity (Wildman–Crippen MR) is 69.1 cm³/mol. The van der Waals surface area contributed by atoms with Gasteiger partial charge >= 0.3 is 0 Å². The first-order chi connectivity index (χ1) is 7.77. The van der Waals surface area contributed by atoms with E-state index in [1.165, 1.54) is 5.56 Å². The van der Waals surface area contributed by atoms with Crippen molar-refractivity contribution < 1.29 is 4.74 Å². The lowest BCUT2D eigenvalue weighted by atomic mass is 10.2. The highest BCUT2D eigenvalue weighted by atomic mass is 16.5. The lowest BCUT2D eigenvalue weighted by Crippen LogP contribution is -2.07. The van der Waals surface area contributed by atoms with Crippen molar-refractivity contribution in [3.63, 3.8) is 0 Å². The summed E-state index contributed by atoms with van der Waals surface area (Å²) in [6.45, 7) is 6.48. The third-order valence-corrected chi connectivity index (χ3v) is 2.38. The van der Waals surface area contributed by atoms with E-state index in [1.807, 2.05) is 13.0 Å². The van der Waals surface area contributed by atoms with E-state index in [0.717, 1.165) is 37.4 Å². The molecule has 0 aromatic heterocycles. The summed E-state index contributed by atoms with van der Waals surface area (Å²) >= 11 is 0. The highest BCUT2D eigenvalue weighted by Crippen LogP contribution is 2.25. The molecule has 0 aliphatic carbocycles. The smallest absolute Gasteiger partial charge is 0.142 e. The summed E-state index contributed by atoms with van der Waals surface area (Å²) in [7, 11) is 0. The minimum absolute atomic E-state index is 0.695. The van der Waals surface area contributed by atoms with Crippen molar-refractivity contribution in [3.8, 4) is 5.75 Å². The van der Waals surface area contributed by atoms with Gasteiger partial charge < -0.3 is 15.8 Å². The number of hydrogen-bond acceptors (Lipinski definition) is 3. The first kappa shape index (κ1) is 12.8. The minimum Gasteiger partial charge on any atom is -0.492 e. The molecule has 0 spiro atoms. The molecule has 1 aromatic carbocycles. The third kappa shape index (κ3) is 4.11. The average Bonchev–Trinajstić information content (AvgIpc) is 2.28. The fraction of sp³-hybridized carbons (Fsp3) is 0.538. The molecule has 0 saturated heterocycles. The molecule has 0 amide bonds. The molecule has 0 fully saturated rings. The Morgan fingerprint density at radius 1 is 1.31 bits per heavy atom. The van der Waals surface area contributed by atoms with Crippen molar-refractivity contribution in [2.24, 2.45) is 5.73 Å². The van der Waals surface area contributed by atoms with Gasteiger partial charge in [-0.05, 0) is 50.9 Å². The van der Waals surface area contributed by atoms with Crippen LogP contribution in [-0.4, -0.2) is 19.7 Å². The maximum absolute atomic E-state index is 5.56. The van der Waals surface area contributed by atoms with Crippen LogP contribution in [-0.2, 0) is 0 Å². The molecule has 3 N–H and O–H groups in total. The largest absolute Gasteiger partial charge is 0.492 e. The van der Waals surface area contributed by atoms with Crippen LogP contribution in [0.15, 0.2) is 18.2 Å². The molecule has 0 radical (unpaired) electrons. The fourth-order valence-electron chi connectivity index (χ4n) is 1.56. The first-order valence-corrected chi connectivity index (χ1v) is 5.95. The van der Waals surface area contributed by atoms with Gasteiger partial charge in [0.25, 0.3) is 0 Å². The molecule has 0 aliphatic rings. The molecular formula is C13H22N2O. The number of ether oxygens (including phenoxy) is 1. The van der Waals surface area contributed by atoms with Crippen LogP contribution >= 0.6 is 0 Å². The van der Waals surface area contributed by atoms with Gasteiger partial charge in [-0.2, -0.15) is 0 Å². The zero-order valence-corrected chi connectivity index (χ0v) is 10.3. The van der Waals surface area contributed by atoms with Gasteiger partial charge in [0.15, 0.2) is 0 Å². The van der Waals surface area contributed by atoms with Gasteiger partial charge in [0.2, 0.25) is 0 Å². The summed E-state index contributed by atoms with van der Waals surface area (Å²) in [5, 5.41) is 3.39. The molecular weight excluding hydrogens is 200 g/mol. The lowest BCUT2D eigenvalue weighted by molar-refractivity contribution is 0.341. The van der Waals surface area contributed by atoms with Gasteiger partial charge in [0.1, 0.15) is 5.75 Å². The molecule has 3 heteroatoms. The van der Waals surface area contributed by atoms with Crippen LogP contribution in [0.2, 0.25) is 0 Å². The van der Waals surface area contributed by atoms with Gasteiger partial charge in [0, 0.05) is 6.54 Å². The van der Waals surface area contributed by atoms with Crippen molar-refractivity contribution in [1.29, 1.82) is 0 Å². The van der Waals surface area contributed by atoms with Gasteiger partial charge in [-0.15, -0.1) is 0 Å². The van der Waals surface area contributed by atoms with Crippen LogP contribution < -0.4 is 15.8 Å². The molecule has 3 nitrogen and oxygen atoms in total. The molecule has 16 heavy (non-hydrogen) atoms. The molecule has 1 rings (SSSR count). The molecule has 0 heterocycles. The van der Waals surface area contributed by atoms with Crippen LogP contribution in [0.1, 0.15) is 25.3 Å². The monoisotopic (exact) mass is 222 g/mol. The van der Waals surface area contributed by atoms with Crippen LogP contribution in [0.5, 0.6) is 5.75 Å². The van der Waals surface area contributed by atoms with Crippen LogP contribution in [0.3, 0.4) is 0 Å². The Hall–Kier alpha value is -1.22. The average molecular weight is 222 g/mol. The highest BCUT2D eigenvalue weighted by molar-refractivity contribution is 5.57. The Labute approximate surface area is 98.0 Å². The maximum Gasteiger partial charge on any atom is 0.142 e. The van der Waals surface area contributed by atoms with Gasteiger partial charge in [-0.25, -0.2) is 0 Å². The molecule has 0 unspecified atom stereocenters. The second-order valence-electron chi connectivity index (χ2n) is 3.86. The number of unbranched alkanes of at least 4 members (excludes halogenated alkanes) is 1. The van der Waals surface area contributed by atoms with E-state index in [4.69, 9.17) is 10.5 Å². The van der Waals surface area contributed by atoms with E-state index < -0.39 is 0 Å². The normalized spacial score (nSPS) is 10.2. The molecule has 0 bridgehead atoms. The Morgan fingerprint density at radius 2 is 2.12 bits per heavy atom. The Morgan fingerprint density at radius 3 is 2.81 bits per heavy atom. The van der Waals surface area contributed by atoms with Crippen molar-refractivity contribution in [2.75, 3.05) is 25.0 Å². The Bertz CT molecular complexity index is 313. The zero-order chi connectivity index (χ0) is 11.8. The fourth-order valence-corrected chi connectivity index (χ4v) is 1.56. The Balaban J connectivity index is 2.57. The van der Waals surface area contributed by atoms with Crippen LogP contribution in [0.25, 0.3) is 0 Å².